The van der Waals surface area contributed by atoms with Crippen molar-refractivity contribution >= 4 is 0 Å². The van der Waals surface area contributed by atoms with Crippen LogP contribution in [0.5, 0.6) is 0 Å². The standard InChI is InChI=1S/C13H25N/c1-13(2)6-4-10(5-7-13)12-8-11(12)9-14-3/h10-12,14H,4-9H2,1-3H3. The third-order valence-corrected chi connectivity index (χ3v) is 4.43. The molecule has 82 valence electrons. The van der Waals surface area contributed by atoms with Crippen LogP contribution in [0.1, 0.15) is 46.0 Å². The maximum Gasteiger partial charge on any atom is -0.00207 e. The van der Waals surface area contributed by atoms with E-state index < -0.39 is 0 Å². The first-order valence-corrected chi connectivity index (χ1v) is 6.27. The van der Waals surface area contributed by atoms with Gasteiger partial charge in [0, 0.05) is 0 Å². The SMILES string of the molecule is CNCC1CC1C1CCC(C)(C)CC1. The zero-order valence-corrected chi connectivity index (χ0v) is 9.97. The molecule has 2 saturated carbocycles. The zero-order valence-electron chi connectivity index (χ0n) is 9.97. The van der Waals surface area contributed by atoms with Crippen molar-refractivity contribution in [1.29, 1.82) is 0 Å². The van der Waals surface area contributed by atoms with Crippen molar-refractivity contribution in [2.24, 2.45) is 23.2 Å². The predicted octanol–water partition coefficient (Wildman–Crippen LogP) is 3.06. The summed E-state index contributed by atoms with van der Waals surface area (Å²) in [5.41, 5.74) is 0.643. The van der Waals surface area contributed by atoms with Crippen molar-refractivity contribution in [2.75, 3.05) is 13.6 Å². The van der Waals surface area contributed by atoms with Crippen LogP contribution in [0.4, 0.5) is 0 Å². The Kier molecular flexibility index (Phi) is 2.88. The van der Waals surface area contributed by atoms with Crippen LogP contribution in [-0.4, -0.2) is 13.6 Å². The summed E-state index contributed by atoms with van der Waals surface area (Å²) in [6.45, 7) is 6.12. The van der Waals surface area contributed by atoms with Gasteiger partial charge in [0.05, 0.1) is 0 Å². The quantitative estimate of drug-likeness (QED) is 0.730. The van der Waals surface area contributed by atoms with Gasteiger partial charge in [0.1, 0.15) is 0 Å². The molecule has 0 aromatic carbocycles. The van der Waals surface area contributed by atoms with Gasteiger partial charge in [0.25, 0.3) is 0 Å². The molecule has 14 heavy (non-hydrogen) atoms. The second kappa shape index (κ2) is 3.84. The minimum Gasteiger partial charge on any atom is -0.319 e. The Balaban J connectivity index is 1.75. The smallest absolute Gasteiger partial charge is 0.00207 e. The Morgan fingerprint density at radius 3 is 2.43 bits per heavy atom. The topological polar surface area (TPSA) is 12.0 Å². The molecule has 2 fully saturated rings. The van der Waals surface area contributed by atoms with Crippen LogP contribution >= 0.6 is 0 Å². The van der Waals surface area contributed by atoms with Crippen molar-refractivity contribution in [3.05, 3.63) is 0 Å². The molecule has 1 N–H and O–H groups in total. The monoisotopic (exact) mass is 195 g/mol. The second-order valence-corrected chi connectivity index (χ2v) is 6.22. The number of hydrogen-bond acceptors (Lipinski definition) is 1. The van der Waals surface area contributed by atoms with Crippen LogP contribution in [-0.2, 0) is 0 Å². The first kappa shape index (κ1) is 10.5. The average Bonchev–Trinajstić information content (AvgIpc) is 2.85. The van der Waals surface area contributed by atoms with Crippen molar-refractivity contribution in [1.82, 2.24) is 5.32 Å². The molecule has 0 aromatic rings. The molecular formula is C13H25N. The minimum atomic E-state index is 0.643. The van der Waals surface area contributed by atoms with E-state index in [9.17, 15) is 0 Å². The molecule has 1 heteroatoms. The van der Waals surface area contributed by atoms with Gasteiger partial charge in [-0.05, 0) is 68.9 Å². The summed E-state index contributed by atoms with van der Waals surface area (Å²) in [5.74, 6) is 3.17. The van der Waals surface area contributed by atoms with E-state index >= 15 is 0 Å². The average molecular weight is 195 g/mol. The lowest BCUT2D eigenvalue weighted by Crippen LogP contribution is -2.23. The van der Waals surface area contributed by atoms with E-state index in [4.69, 9.17) is 0 Å². The molecule has 0 aliphatic heterocycles. The van der Waals surface area contributed by atoms with E-state index in [1.165, 1.54) is 38.6 Å². The normalized spacial score (nSPS) is 37.1. The summed E-state index contributed by atoms with van der Waals surface area (Å²) in [4.78, 5) is 0. The first-order chi connectivity index (χ1) is 6.62. The third kappa shape index (κ3) is 2.31. The van der Waals surface area contributed by atoms with Gasteiger partial charge in [-0.25, -0.2) is 0 Å². The van der Waals surface area contributed by atoms with Crippen LogP contribution in [0.2, 0.25) is 0 Å². The number of nitrogens with one attached hydrogen (secondary N) is 1. The molecule has 2 rings (SSSR count). The molecule has 0 bridgehead atoms. The maximum absolute atomic E-state index is 3.31. The van der Waals surface area contributed by atoms with Gasteiger partial charge in [-0.1, -0.05) is 13.8 Å². The lowest BCUT2D eigenvalue weighted by molar-refractivity contribution is 0.173. The second-order valence-electron chi connectivity index (χ2n) is 6.22. The highest BCUT2D eigenvalue weighted by Gasteiger charge is 2.43. The highest BCUT2D eigenvalue weighted by molar-refractivity contribution is 4.94. The van der Waals surface area contributed by atoms with Crippen molar-refractivity contribution in [2.45, 2.75) is 46.0 Å². The lowest BCUT2D eigenvalue weighted by atomic mass is 9.71. The lowest BCUT2D eigenvalue weighted by Gasteiger charge is -2.34. The van der Waals surface area contributed by atoms with Crippen molar-refractivity contribution in [3.8, 4) is 0 Å². The van der Waals surface area contributed by atoms with E-state index in [-0.39, 0.29) is 0 Å². The number of hydrogen-bond donors (Lipinski definition) is 1. The summed E-state index contributed by atoms with van der Waals surface area (Å²) in [6.07, 6.45) is 7.42. The molecule has 0 saturated heterocycles. The number of rotatable bonds is 3. The fraction of sp³-hybridized carbons (Fsp3) is 1.00. The van der Waals surface area contributed by atoms with E-state index in [2.05, 4.69) is 26.2 Å². The van der Waals surface area contributed by atoms with Gasteiger partial charge in [-0.3, -0.25) is 0 Å². The Hall–Kier alpha value is -0.0400. The Morgan fingerprint density at radius 1 is 1.21 bits per heavy atom. The zero-order chi connectivity index (χ0) is 10.2. The van der Waals surface area contributed by atoms with E-state index in [1.54, 1.807) is 0 Å². The first-order valence-electron chi connectivity index (χ1n) is 6.27. The summed E-state index contributed by atoms with van der Waals surface area (Å²) >= 11 is 0. The molecule has 0 amide bonds. The molecule has 0 heterocycles. The van der Waals surface area contributed by atoms with Crippen molar-refractivity contribution in [3.63, 3.8) is 0 Å². The van der Waals surface area contributed by atoms with Crippen LogP contribution < -0.4 is 5.32 Å². The molecular weight excluding hydrogens is 170 g/mol. The molecule has 2 aliphatic carbocycles. The Bertz CT molecular complexity index is 187. The van der Waals surface area contributed by atoms with Crippen LogP contribution in [0, 0.1) is 23.2 Å². The Labute approximate surface area is 88.7 Å². The maximum atomic E-state index is 3.31. The van der Waals surface area contributed by atoms with Crippen LogP contribution in [0.25, 0.3) is 0 Å². The minimum absolute atomic E-state index is 0.643. The molecule has 2 aliphatic rings. The molecule has 2 atom stereocenters. The van der Waals surface area contributed by atoms with Crippen LogP contribution in [0.3, 0.4) is 0 Å². The molecule has 0 spiro atoms. The van der Waals surface area contributed by atoms with E-state index in [0.29, 0.717) is 5.41 Å². The largest absolute Gasteiger partial charge is 0.319 e. The van der Waals surface area contributed by atoms with Crippen LogP contribution in [0.15, 0.2) is 0 Å². The molecule has 2 unspecified atom stereocenters. The molecule has 0 radical (unpaired) electrons. The van der Waals surface area contributed by atoms with Gasteiger partial charge in [-0.15, -0.1) is 0 Å². The van der Waals surface area contributed by atoms with Crippen molar-refractivity contribution < 1.29 is 0 Å². The third-order valence-electron chi connectivity index (χ3n) is 4.43. The fourth-order valence-electron chi connectivity index (χ4n) is 3.20. The highest BCUT2D eigenvalue weighted by atomic mass is 14.8. The molecule has 0 aromatic heterocycles. The summed E-state index contributed by atoms with van der Waals surface area (Å²) in [7, 11) is 2.08. The fourth-order valence-corrected chi connectivity index (χ4v) is 3.20. The van der Waals surface area contributed by atoms with Gasteiger partial charge >= 0.3 is 0 Å². The Morgan fingerprint density at radius 2 is 1.86 bits per heavy atom. The van der Waals surface area contributed by atoms with E-state index in [1.807, 2.05) is 0 Å². The summed E-state index contributed by atoms with van der Waals surface area (Å²) < 4.78 is 0. The van der Waals surface area contributed by atoms with E-state index in [0.717, 1.165) is 17.8 Å². The summed E-state index contributed by atoms with van der Waals surface area (Å²) in [5, 5.41) is 3.31. The van der Waals surface area contributed by atoms with Gasteiger partial charge in [0.2, 0.25) is 0 Å². The summed E-state index contributed by atoms with van der Waals surface area (Å²) in [6, 6.07) is 0. The van der Waals surface area contributed by atoms with Gasteiger partial charge in [0.15, 0.2) is 0 Å². The predicted molar refractivity (Wildman–Crippen MR) is 61.3 cm³/mol. The highest BCUT2D eigenvalue weighted by Crippen LogP contribution is 2.51. The van der Waals surface area contributed by atoms with Gasteiger partial charge < -0.3 is 5.32 Å². The molecule has 1 nitrogen and oxygen atoms in total. The van der Waals surface area contributed by atoms with Gasteiger partial charge in [-0.2, -0.15) is 0 Å².